The molecule has 0 aliphatic carbocycles. The quantitative estimate of drug-likeness (QED) is 0.853. The van der Waals surface area contributed by atoms with Crippen LogP contribution in [0.1, 0.15) is 16.8 Å². The Hall–Kier alpha value is -1.84. The zero-order valence-corrected chi connectivity index (χ0v) is 9.86. The van der Waals surface area contributed by atoms with Crippen LogP contribution in [-0.2, 0) is 13.6 Å². The summed E-state index contributed by atoms with van der Waals surface area (Å²) >= 11 is 0. The number of pyridine rings is 1. The molecule has 0 radical (unpaired) electrons. The Bertz CT molecular complexity index is 488. The second-order valence-corrected chi connectivity index (χ2v) is 3.98. The molecule has 2 aromatic rings. The van der Waals surface area contributed by atoms with Crippen LogP contribution in [0.15, 0.2) is 24.7 Å². The summed E-state index contributed by atoms with van der Waals surface area (Å²) in [7, 11) is 1.95. The van der Waals surface area contributed by atoms with E-state index in [1.165, 1.54) is 11.3 Å². The second-order valence-electron chi connectivity index (χ2n) is 3.98. The molecule has 84 valence electrons. The number of hydrogen-bond acceptors (Lipinski definition) is 3. The van der Waals surface area contributed by atoms with Gasteiger partial charge in [-0.2, -0.15) is 5.10 Å². The summed E-state index contributed by atoms with van der Waals surface area (Å²) in [4.78, 5) is 4.14. The Labute approximate surface area is 95.3 Å². The molecule has 2 heterocycles. The highest BCUT2D eigenvalue weighted by Crippen LogP contribution is 2.11. The molecule has 0 saturated heterocycles. The zero-order chi connectivity index (χ0) is 11.5. The lowest BCUT2D eigenvalue weighted by atomic mass is 10.2. The molecule has 0 saturated carbocycles. The third-order valence-corrected chi connectivity index (χ3v) is 2.69. The van der Waals surface area contributed by atoms with E-state index in [2.05, 4.69) is 28.4 Å². The average molecular weight is 216 g/mol. The lowest BCUT2D eigenvalue weighted by Crippen LogP contribution is -2.01. The predicted molar refractivity (Wildman–Crippen MR) is 64.2 cm³/mol. The first kappa shape index (κ1) is 10.7. The van der Waals surface area contributed by atoms with E-state index < -0.39 is 0 Å². The molecule has 1 N–H and O–H groups in total. The fraction of sp³-hybridized carbons (Fsp3) is 0.333. The molecule has 0 unspecified atom stereocenters. The Morgan fingerprint density at radius 2 is 2.06 bits per heavy atom. The minimum atomic E-state index is 0.783. The van der Waals surface area contributed by atoms with E-state index in [4.69, 9.17) is 0 Å². The maximum absolute atomic E-state index is 4.21. The van der Waals surface area contributed by atoms with E-state index >= 15 is 0 Å². The maximum atomic E-state index is 4.21. The molecule has 0 aromatic carbocycles. The van der Waals surface area contributed by atoms with Gasteiger partial charge in [0.05, 0.1) is 11.9 Å². The van der Waals surface area contributed by atoms with E-state index in [0.29, 0.717) is 0 Å². The predicted octanol–water partition coefficient (Wildman–Crippen LogP) is 2.04. The van der Waals surface area contributed by atoms with E-state index in [-0.39, 0.29) is 0 Å². The third-order valence-electron chi connectivity index (χ3n) is 2.69. The van der Waals surface area contributed by atoms with Crippen molar-refractivity contribution in [2.24, 2.45) is 7.05 Å². The molecule has 0 aliphatic heterocycles. The van der Waals surface area contributed by atoms with Crippen LogP contribution in [0.2, 0.25) is 0 Å². The molecule has 0 spiro atoms. The standard InChI is InChI=1S/C12H16N4/c1-9-4-12(8-13-5-9)14-6-11-7-15-16(3)10(11)2/h4-5,7-8,14H,6H2,1-3H3. The van der Waals surface area contributed by atoms with Gasteiger partial charge in [-0.3, -0.25) is 9.67 Å². The van der Waals surface area contributed by atoms with Crippen LogP contribution < -0.4 is 5.32 Å². The van der Waals surface area contributed by atoms with Crippen LogP contribution in [0, 0.1) is 13.8 Å². The summed E-state index contributed by atoms with van der Waals surface area (Å²) in [6, 6.07) is 2.08. The van der Waals surface area contributed by atoms with Crippen molar-refractivity contribution >= 4 is 5.69 Å². The van der Waals surface area contributed by atoms with Gasteiger partial charge < -0.3 is 5.32 Å². The van der Waals surface area contributed by atoms with Gasteiger partial charge in [0.1, 0.15) is 0 Å². The summed E-state index contributed by atoms with van der Waals surface area (Å²) in [6.45, 7) is 4.89. The fourth-order valence-electron chi connectivity index (χ4n) is 1.57. The molecule has 4 nitrogen and oxygen atoms in total. The molecule has 2 rings (SSSR count). The van der Waals surface area contributed by atoms with Crippen LogP contribution in [0.3, 0.4) is 0 Å². The van der Waals surface area contributed by atoms with Crippen LogP contribution in [0.25, 0.3) is 0 Å². The van der Waals surface area contributed by atoms with Gasteiger partial charge in [-0.15, -0.1) is 0 Å². The van der Waals surface area contributed by atoms with Crippen LogP contribution in [0.4, 0.5) is 5.69 Å². The Balaban J connectivity index is 2.05. The van der Waals surface area contributed by atoms with Crippen molar-refractivity contribution < 1.29 is 0 Å². The van der Waals surface area contributed by atoms with Crippen molar-refractivity contribution in [3.8, 4) is 0 Å². The highest BCUT2D eigenvalue weighted by atomic mass is 15.3. The number of nitrogens with one attached hydrogen (secondary N) is 1. The SMILES string of the molecule is Cc1cncc(NCc2cnn(C)c2C)c1. The van der Waals surface area contributed by atoms with Gasteiger partial charge >= 0.3 is 0 Å². The van der Waals surface area contributed by atoms with E-state index in [9.17, 15) is 0 Å². The minimum Gasteiger partial charge on any atom is -0.380 e. The van der Waals surface area contributed by atoms with Gasteiger partial charge in [-0.25, -0.2) is 0 Å². The monoisotopic (exact) mass is 216 g/mol. The molecular formula is C12H16N4. The van der Waals surface area contributed by atoms with E-state index in [1.54, 1.807) is 0 Å². The number of aromatic nitrogens is 3. The molecule has 4 heteroatoms. The topological polar surface area (TPSA) is 42.7 Å². The minimum absolute atomic E-state index is 0.783. The van der Waals surface area contributed by atoms with Gasteiger partial charge in [0, 0.05) is 37.2 Å². The molecule has 0 atom stereocenters. The average Bonchev–Trinajstić information content (AvgIpc) is 2.57. The van der Waals surface area contributed by atoms with E-state index in [0.717, 1.165) is 17.8 Å². The van der Waals surface area contributed by atoms with Crippen molar-refractivity contribution in [3.05, 3.63) is 41.5 Å². The summed E-state index contributed by atoms with van der Waals surface area (Å²) in [5.74, 6) is 0. The number of nitrogens with zero attached hydrogens (tertiary/aromatic N) is 3. The Morgan fingerprint density at radius 1 is 1.25 bits per heavy atom. The largest absolute Gasteiger partial charge is 0.380 e. The fourth-order valence-corrected chi connectivity index (χ4v) is 1.57. The molecule has 2 aromatic heterocycles. The Morgan fingerprint density at radius 3 is 2.69 bits per heavy atom. The molecule has 0 amide bonds. The summed E-state index contributed by atoms with van der Waals surface area (Å²) in [6.07, 6.45) is 5.57. The smallest absolute Gasteiger partial charge is 0.0542 e. The normalized spacial score (nSPS) is 10.4. The summed E-state index contributed by atoms with van der Waals surface area (Å²) in [5, 5.41) is 7.55. The summed E-state index contributed by atoms with van der Waals surface area (Å²) < 4.78 is 1.88. The van der Waals surface area contributed by atoms with Gasteiger partial charge in [0.2, 0.25) is 0 Å². The first-order valence-corrected chi connectivity index (χ1v) is 5.30. The molecule has 0 fully saturated rings. The first-order chi connectivity index (χ1) is 7.66. The van der Waals surface area contributed by atoms with Gasteiger partial charge in [0.15, 0.2) is 0 Å². The zero-order valence-electron chi connectivity index (χ0n) is 9.86. The highest BCUT2D eigenvalue weighted by Gasteiger charge is 2.02. The van der Waals surface area contributed by atoms with Gasteiger partial charge in [-0.05, 0) is 25.5 Å². The number of rotatable bonds is 3. The Kier molecular flexibility index (Phi) is 2.90. The van der Waals surface area contributed by atoms with Crippen LogP contribution in [-0.4, -0.2) is 14.8 Å². The van der Waals surface area contributed by atoms with Crippen molar-refractivity contribution in [2.45, 2.75) is 20.4 Å². The van der Waals surface area contributed by atoms with Crippen LogP contribution >= 0.6 is 0 Å². The van der Waals surface area contributed by atoms with Gasteiger partial charge in [0.25, 0.3) is 0 Å². The molecular weight excluding hydrogens is 200 g/mol. The molecule has 16 heavy (non-hydrogen) atoms. The van der Waals surface area contributed by atoms with E-state index in [1.807, 2.05) is 37.2 Å². The molecule has 0 bridgehead atoms. The lowest BCUT2D eigenvalue weighted by molar-refractivity contribution is 0.738. The van der Waals surface area contributed by atoms with Crippen molar-refractivity contribution in [2.75, 3.05) is 5.32 Å². The van der Waals surface area contributed by atoms with Crippen molar-refractivity contribution in [1.82, 2.24) is 14.8 Å². The molecule has 0 aliphatic rings. The maximum Gasteiger partial charge on any atom is 0.0542 e. The lowest BCUT2D eigenvalue weighted by Gasteiger charge is -2.06. The number of anilines is 1. The number of aryl methyl sites for hydroxylation is 2. The highest BCUT2D eigenvalue weighted by molar-refractivity contribution is 5.43. The van der Waals surface area contributed by atoms with Crippen molar-refractivity contribution in [1.29, 1.82) is 0 Å². The summed E-state index contributed by atoms with van der Waals surface area (Å²) in [5.41, 5.74) is 4.60. The van der Waals surface area contributed by atoms with Crippen molar-refractivity contribution in [3.63, 3.8) is 0 Å². The van der Waals surface area contributed by atoms with Crippen LogP contribution in [0.5, 0.6) is 0 Å². The third kappa shape index (κ3) is 2.21. The first-order valence-electron chi connectivity index (χ1n) is 5.30. The second kappa shape index (κ2) is 4.35. The van der Waals surface area contributed by atoms with Gasteiger partial charge in [-0.1, -0.05) is 0 Å². The number of hydrogen-bond donors (Lipinski definition) is 1.